The van der Waals surface area contributed by atoms with Crippen molar-refractivity contribution >= 4 is 11.6 Å². The molecule has 0 heterocycles. The molecule has 0 radical (unpaired) electrons. The Kier molecular flexibility index (Phi) is 4.69. The highest BCUT2D eigenvalue weighted by atomic mass is 35.5. The third kappa shape index (κ3) is 3.27. The molecule has 100 valence electrons. The topological polar surface area (TPSA) is 12.0 Å². The average molecular weight is 266 g/mol. The molecule has 1 fully saturated rings. The number of hydrogen-bond donors (Lipinski definition) is 1. The van der Waals surface area contributed by atoms with Gasteiger partial charge in [-0.1, -0.05) is 44.0 Å². The lowest BCUT2D eigenvalue weighted by Crippen LogP contribution is -2.43. The Balaban J connectivity index is 2.04. The van der Waals surface area contributed by atoms with Gasteiger partial charge in [0.2, 0.25) is 0 Å². The minimum Gasteiger partial charge on any atom is -0.307 e. The van der Waals surface area contributed by atoms with Crippen LogP contribution in [0, 0.1) is 11.8 Å². The molecular weight excluding hydrogens is 242 g/mol. The zero-order valence-electron chi connectivity index (χ0n) is 11.6. The lowest BCUT2D eigenvalue weighted by atomic mass is 9.78. The van der Waals surface area contributed by atoms with Gasteiger partial charge in [0.1, 0.15) is 0 Å². The second-order valence-electron chi connectivity index (χ2n) is 5.85. The van der Waals surface area contributed by atoms with Crippen molar-refractivity contribution in [1.82, 2.24) is 5.32 Å². The van der Waals surface area contributed by atoms with Gasteiger partial charge in [0.25, 0.3) is 0 Å². The molecule has 18 heavy (non-hydrogen) atoms. The van der Waals surface area contributed by atoms with Gasteiger partial charge >= 0.3 is 0 Å². The van der Waals surface area contributed by atoms with Gasteiger partial charge in [0.15, 0.2) is 0 Å². The zero-order chi connectivity index (χ0) is 13.1. The van der Waals surface area contributed by atoms with Crippen molar-refractivity contribution in [3.05, 3.63) is 34.9 Å². The third-order valence-corrected chi connectivity index (χ3v) is 4.57. The van der Waals surface area contributed by atoms with E-state index in [9.17, 15) is 0 Å². The monoisotopic (exact) mass is 265 g/mol. The highest BCUT2D eigenvalue weighted by Crippen LogP contribution is 2.30. The molecule has 3 atom stereocenters. The Morgan fingerprint density at radius 3 is 2.50 bits per heavy atom. The minimum atomic E-state index is 0.372. The van der Waals surface area contributed by atoms with Crippen molar-refractivity contribution in [3.8, 4) is 0 Å². The molecule has 2 heteroatoms. The molecule has 1 aliphatic rings. The van der Waals surface area contributed by atoms with E-state index in [1.807, 2.05) is 12.1 Å². The first kappa shape index (κ1) is 13.9. The molecule has 0 aromatic heterocycles. The van der Waals surface area contributed by atoms with Crippen molar-refractivity contribution in [2.24, 2.45) is 11.8 Å². The summed E-state index contributed by atoms with van der Waals surface area (Å²) in [6.07, 6.45) is 4.08. The minimum absolute atomic E-state index is 0.372. The quantitative estimate of drug-likeness (QED) is 0.827. The fraction of sp³-hybridized carbons (Fsp3) is 0.625. The van der Waals surface area contributed by atoms with Crippen molar-refractivity contribution in [2.45, 2.75) is 52.1 Å². The van der Waals surface area contributed by atoms with Gasteiger partial charge < -0.3 is 5.32 Å². The molecule has 1 N–H and O–H groups in total. The third-order valence-electron chi connectivity index (χ3n) is 4.34. The van der Waals surface area contributed by atoms with E-state index in [-0.39, 0.29) is 0 Å². The molecule has 0 spiro atoms. The number of rotatable bonds is 3. The van der Waals surface area contributed by atoms with E-state index >= 15 is 0 Å². The molecule has 1 saturated carbocycles. The van der Waals surface area contributed by atoms with E-state index in [1.165, 1.54) is 24.8 Å². The number of benzene rings is 1. The van der Waals surface area contributed by atoms with Gasteiger partial charge in [0, 0.05) is 17.1 Å². The predicted molar refractivity (Wildman–Crippen MR) is 79.0 cm³/mol. The largest absolute Gasteiger partial charge is 0.307 e. The molecule has 0 bridgehead atoms. The fourth-order valence-electron chi connectivity index (χ4n) is 3.17. The van der Waals surface area contributed by atoms with Crippen LogP contribution in [-0.2, 0) is 0 Å². The number of hydrogen-bond acceptors (Lipinski definition) is 1. The Morgan fingerprint density at radius 1 is 1.22 bits per heavy atom. The molecule has 1 aliphatic carbocycles. The van der Waals surface area contributed by atoms with Gasteiger partial charge in [0.05, 0.1) is 0 Å². The van der Waals surface area contributed by atoms with E-state index in [1.54, 1.807) is 0 Å². The summed E-state index contributed by atoms with van der Waals surface area (Å²) in [5.74, 6) is 1.55. The normalized spacial score (nSPS) is 30.1. The summed E-state index contributed by atoms with van der Waals surface area (Å²) >= 11 is 6.06. The van der Waals surface area contributed by atoms with Crippen molar-refractivity contribution in [2.75, 3.05) is 0 Å². The van der Waals surface area contributed by atoms with E-state index < -0.39 is 0 Å². The summed E-state index contributed by atoms with van der Waals surface area (Å²) < 4.78 is 0. The van der Waals surface area contributed by atoms with Crippen LogP contribution in [0.2, 0.25) is 5.02 Å². The number of nitrogens with one attached hydrogen (secondary N) is 1. The highest BCUT2D eigenvalue weighted by molar-refractivity contribution is 6.30. The highest BCUT2D eigenvalue weighted by Gasteiger charge is 2.28. The van der Waals surface area contributed by atoms with Gasteiger partial charge in [-0.2, -0.15) is 0 Å². The summed E-state index contributed by atoms with van der Waals surface area (Å²) in [7, 11) is 0. The SMILES string of the molecule is CC1CCCC(C)C1N[C@@H](C)c1cccc(Cl)c1. The summed E-state index contributed by atoms with van der Waals surface area (Å²) in [6.45, 7) is 6.98. The molecule has 1 aromatic carbocycles. The van der Waals surface area contributed by atoms with Crippen LogP contribution in [0.4, 0.5) is 0 Å². The summed E-state index contributed by atoms with van der Waals surface area (Å²) in [4.78, 5) is 0. The average Bonchev–Trinajstić information content (AvgIpc) is 2.34. The van der Waals surface area contributed by atoms with E-state index in [4.69, 9.17) is 11.6 Å². The van der Waals surface area contributed by atoms with Crippen molar-refractivity contribution in [3.63, 3.8) is 0 Å². The van der Waals surface area contributed by atoms with Crippen LogP contribution in [0.25, 0.3) is 0 Å². The maximum absolute atomic E-state index is 6.06. The van der Waals surface area contributed by atoms with Gasteiger partial charge in [-0.05, 0) is 49.3 Å². The Labute approximate surface area is 116 Å². The molecule has 0 aliphatic heterocycles. The zero-order valence-corrected chi connectivity index (χ0v) is 12.4. The summed E-state index contributed by atoms with van der Waals surface area (Å²) in [6, 6.07) is 9.19. The smallest absolute Gasteiger partial charge is 0.0409 e. The fourth-order valence-corrected chi connectivity index (χ4v) is 3.37. The van der Waals surface area contributed by atoms with Crippen molar-refractivity contribution < 1.29 is 0 Å². The molecule has 0 amide bonds. The maximum Gasteiger partial charge on any atom is 0.0409 e. The van der Waals surface area contributed by atoms with E-state index in [2.05, 4.69) is 38.2 Å². The van der Waals surface area contributed by atoms with Crippen LogP contribution in [0.5, 0.6) is 0 Å². The maximum atomic E-state index is 6.06. The van der Waals surface area contributed by atoms with Crippen LogP contribution in [0.1, 0.15) is 51.6 Å². The number of halogens is 1. The summed E-state index contributed by atoms with van der Waals surface area (Å²) in [5, 5.41) is 4.63. The van der Waals surface area contributed by atoms with E-state index in [0.717, 1.165) is 16.9 Å². The van der Waals surface area contributed by atoms with E-state index in [0.29, 0.717) is 12.1 Å². The Bertz CT molecular complexity index is 380. The molecule has 0 saturated heterocycles. The Hall–Kier alpha value is -0.530. The molecule has 2 rings (SSSR count). The molecule has 1 nitrogen and oxygen atoms in total. The van der Waals surface area contributed by atoms with Crippen LogP contribution >= 0.6 is 11.6 Å². The van der Waals surface area contributed by atoms with Crippen LogP contribution in [-0.4, -0.2) is 6.04 Å². The van der Waals surface area contributed by atoms with Crippen LogP contribution < -0.4 is 5.32 Å². The second-order valence-corrected chi connectivity index (χ2v) is 6.29. The van der Waals surface area contributed by atoms with Gasteiger partial charge in [-0.15, -0.1) is 0 Å². The van der Waals surface area contributed by atoms with Gasteiger partial charge in [-0.3, -0.25) is 0 Å². The molecule has 2 unspecified atom stereocenters. The van der Waals surface area contributed by atoms with Crippen LogP contribution in [0.15, 0.2) is 24.3 Å². The predicted octanol–water partition coefficient (Wildman–Crippen LogP) is 4.82. The van der Waals surface area contributed by atoms with Crippen molar-refractivity contribution in [1.29, 1.82) is 0 Å². The second kappa shape index (κ2) is 6.08. The van der Waals surface area contributed by atoms with Crippen LogP contribution in [0.3, 0.4) is 0 Å². The first-order valence-corrected chi connectivity index (χ1v) is 7.47. The molecular formula is C16H24ClN. The lowest BCUT2D eigenvalue weighted by molar-refractivity contribution is 0.196. The Morgan fingerprint density at radius 2 is 1.89 bits per heavy atom. The first-order chi connectivity index (χ1) is 8.58. The lowest BCUT2D eigenvalue weighted by Gasteiger charge is -2.37. The standard InChI is InChI=1S/C16H24ClN/c1-11-6-4-7-12(2)16(11)18-13(3)14-8-5-9-15(17)10-14/h5,8-13,16,18H,4,6-7H2,1-3H3/t11?,12?,13-,16?/m0/s1. The first-order valence-electron chi connectivity index (χ1n) is 7.09. The summed E-state index contributed by atoms with van der Waals surface area (Å²) in [5.41, 5.74) is 1.28. The molecule has 1 aromatic rings. The van der Waals surface area contributed by atoms with Gasteiger partial charge in [-0.25, -0.2) is 0 Å².